The molecule has 0 atom stereocenters. The van der Waals surface area contributed by atoms with Gasteiger partial charge in [-0.05, 0) is 23.7 Å². The summed E-state index contributed by atoms with van der Waals surface area (Å²) in [5, 5.41) is 0. The molecule has 0 aromatic heterocycles. The predicted molar refractivity (Wildman–Crippen MR) is 69.0 cm³/mol. The summed E-state index contributed by atoms with van der Waals surface area (Å²) in [4.78, 5) is 0. The van der Waals surface area contributed by atoms with E-state index in [0.29, 0.717) is 17.4 Å². The summed E-state index contributed by atoms with van der Waals surface area (Å²) in [6, 6.07) is 0. The second-order valence-corrected chi connectivity index (χ2v) is 6.15. The third kappa shape index (κ3) is 3.67. The zero-order valence-electron chi connectivity index (χ0n) is 12.0. The minimum absolute atomic E-state index is 0.242. The van der Waals surface area contributed by atoms with Crippen LogP contribution in [0, 0.1) is 10.8 Å². The van der Waals surface area contributed by atoms with Crippen molar-refractivity contribution in [1.82, 2.24) is 0 Å². The van der Waals surface area contributed by atoms with Crippen LogP contribution in [0.1, 0.15) is 46.5 Å². The lowest BCUT2D eigenvalue weighted by Gasteiger charge is -2.42. The van der Waals surface area contributed by atoms with E-state index in [0.717, 1.165) is 6.61 Å². The summed E-state index contributed by atoms with van der Waals surface area (Å²) in [6.45, 7) is 8.31. The Morgan fingerprint density at radius 2 is 1.59 bits per heavy atom. The number of ether oxygens (including phenoxy) is 3. The van der Waals surface area contributed by atoms with E-state index in [2.05, 4.69) is 20.8 Å². The summed E-state index contributed by atoms with van der Waals surface area (Å²) in [5.41, 5.74) is 0.637. The molecule has 1 saturated carbocycles. The van der Waals surface area contributed by atoms with Gasteiger partial charge in [-0.3, -0.25) is 0 Å². The van der Waals surface area contributed by atoms with Crippen molar-refractivity contribution in [2.75, 3.05) is 27.4 Å². The zero-order valence-corrected chi connectivity index (χ0v) is 12.0. The van der Waals surface area contributed by atoms with Crippen LogP contribution in [0.5, 0.6) is 0 Å². The lowest BCUT2D eigenvalue weighted by atomic mass is 9.66. The van der Waals surface area contributed by atoms with E-state index in [1.54, 1.807) is 14.2 Å². The fourth-order valence-corrected chi connectivity index (χ4v) is 2.75. The van der Waals surface area contributed by atoms with Gasteiger partial charge in [-0.1, -0.05) is 33.6 Å². The highest BCUT2D eigenvalue weighted by Gasteiger charge is 2.44. The smallest absolute Gasteiger partial charge is 0.180 e. The molecule has 3 nitrogen and oxygen atoms in total. The average molecular weight is 244 g/mol. The van der Waals surface area contributed by atoms with Crippen molar-refractivity contribution in [2.24, 2.45) is 10.8 Å². The first-order valence-electron chi connectivity index (χ1n) is 6.58. The van der Waals surface area contributed by atoms with Crippen LogP contribution in [0.25, 0.3) is 0 Å². The predicted octanol–water partition coefficient (Wildman–Crippen LogP) is 3.23. The number of rotatable bonds is 6. The highest BCUT2D eigenvalue weighted by Crippen LogP contribution is 2.51. The Kier molecular flexibility index (Phi) is 5.42. The highest BCUT2D eigenvalue weighted by atomic mass is 16.7. The van der Waals surface area contributed by atoms with E-state index in [1.165, 1.54) is 25.7 Å². The van der Waals surface area contributed by atoms with Crippen molar-refractivity contribution < 1.29 is 14.2 Å². The van der Waals surface area contributed by atoms with Gasteiger partial charge in [-0.15, -0.1) is 0 Å². The molecule has 0 unspecified atom stereocenters. The van der Waals surface area contributed by atoms with E-state index < -0.39 is 0 Å². The Bertz CT molecular complexity index is 210. The molecule has 0 amide bonds. The monoisotopic (exact) mass is 244 g/mol. The van der Waals surface area contributed by atoms with Crippen LogP contribution in [0.15, 0.2) is 0 Å². The van der Waals surface area contributed by atoms with Gasteiger partial charge in [0, 0.05) is 14.2 Å². The van der Waals surface area contributed by atoms with Crippen molar-refractivity contribution in [3.8, 4) is 0 Å². The fourth-order valence-electron chi connectivity index (χ4n) is 2.75. The lowest BCUT2D eigenvalue weighted by molar-refractivity contribution is -0.153. The third-order valence-corrected chi connectivity index (χ3v) is 4.31. The third-order valence-electron chi connectivity index (χ3n) is 4.31. The van der Waals surface area contributed by atoms with Crippen LogP contribution in [0.2, 0.25) is 0 Å². The molecule has 0 saturated heterocycles. The lowest BCUT2D eigenvalue weighted by Crippen LogP contribution is -2.38. The maximum Gasteiger partial charge on any atom is 0.180 e. The van der Waals surface area contributed by atoms with Gasteiger partial charge in [0.2, 0.25) is 0 Å². The Balaban J connectivity index is 2.46. The van der Waals surface area contributed by atoms with Gasteiger partial charge in [0.25, 0.3) is 0 Å². The molecule has 17 heavy (non-hydrogen) atoms. The van der Waals surface area contributed by atoms with Gasteiger partial charge in [-0.2, -0.15) is 0 Å². The number of methoxy groups -OCH3 is 2. The minimum Gasteiger partial charge on any atom is -0.376 e. The molecular weight excluding hydrogens is 216 g/mol. The van der Waals surface area contributed by atoms with E-state index in [4.69, 9.17) is 14.2 Å². The molecule has 1 aliphatic carbocycles. The molecule has 0 aromatic rings. The SMILES string of the molecule is COC(COCC1(C(C)(C)C)CCCC1)OC. The van der Waals surface area contributed by atoms with Crippen molar-refractivity contribution in [2.45, 2.75) is 52.7 Å². The Hall–Kier alpha value is -0.120. The molecule has 1 aliphatic rings. The minimum atomic E-state index is -0.242. The fraction of sp³-hybridized carbons (Fsp3) is 1.00. The van der Waals surface area contributed by atoms with E-state index in [1.807, 2.05) is 0 Å². The van der Waals surface area contributed by atoms with Crippen LogP contribution < -0.4 is 0 Å². The van der Waals surface area contributed by atoms with Gasteiger partial charge in [0.1, 0.15) is 0 Å². The summed E-state index contributed by atoms with van der Waals surface area (Å²) in [5.74, 6) is 0. The molecule has 3 heteroatoms. The molecule has 1 fully saturated rings. The summed E-state index contributed by atoms with van der Waals surface area (Å²) in [7, 11) is 3.29. The molecule has 0 radical (unpaired) electrons. The van der Waals surface area contributed by atoms with E-state index in [-0.39, 0.29) is 6.29 Å². The Morgan fingerprint density at radius 3 is 2.00 bits per heavy atom. The maximum absolute atomic E-state index is 5.84. The van der Waals surface area contributed by atoms with Gasteiger partial charge >= 0.3 is 0 Å². The molecule has 0 N–H and O–H groups in total. The van der Waals surface area contributed by atoms with Gasteiger partial charge in [-0.25, -0.2) is 0 Å². The maximum atomic E-state index is 5.84. The normalized spacial score (nSPS) is 20.1. The van der Waals surface area contributed by atoms with Crippen LogP contribution >= 0.6 is 0 Å². The van der Waals surface area contributed by atoms with Crippen LogP contribution in [-0.4, -0.2) is 33.7 Å². The van der Waals surface area contributed by atoms with Crippen molar-refractivity contribution >= 4 is 0 Å². The highest BCUT2D eigenvalue weighted by molar-refractivity contribution is 4.93. The molecule has 0 heterocycles. The van der Waals surface area contributed by atoms with Crippen LogP contribution in [0.4, 0.5) is 0 Å². The zero-order chi connectivity index (χ0) is 12.9. The van der Waals surface area contributed by atoms with Crippen LogP contribution in [0.3, 0.4) is 0 Å². The largest absolute Gasteiger partial charge is 0.376 e. The first kappa shape index (κ1) is 14.9. The first-order valence-corrected chi connectivity index (χ1v) is 6.58. The summed E-state index contributed by atoms with van der Waals surface area (Å²) >= 11 is 0. The van der Waals surface area contributed by atoms with Crippen molar-refractivity contribution in [1.29, 1.82) is 0 Å². The standard InChI is InChI=1S/C14H28O3/c1-13(2,3)14(8-6-7-9-14)11-17-10-12(15-4)16-5/h12H,6-11H2,1-5H3. The molecular formula is C14H28O3. The van der Waals surface area contributed by atoms with Crippen molar-refractivity contribution in [3.63, 3.8) is 0 Å². The Morgan fingerprint density at radius 1 is 1.06 bits per heavy atom. The second-order valence-electron chi connectivity index (χ2n) is 6.15. The van der Waals surface area contributed by atoms with Gasteiger partial charge < -0.3 is 14.2 Å². The first-order chi connectivity index (χ1) is 7.95. The van der Waals surface area contributed by atoms with Gasteiger partial charge in [0.15, 0.2) is 6.29 Å². The summed E-state index contributed by atoms with van der Waals surface area (Å²) in [6.07, 6.45) is 4.98. The molecule has 102 valence electrons. The molecule has 1 rings (SSSR count). The van der Waals surface area contributed by atoms with E-state index in [9.17, 15) is 0 Å². The number of hydrogen-bond acceptors (Lipinski definition) is 3. The topological polar surface area (TPSA) is 27.7 Å². The molecule has 0 bridgehead atoms. The van der Waals surface area contributed by atoms with Crippen LogP contribution in [-0.2, 0) is 14.2 Å². The summed E-state index contributed by atoms with van der Waals surface area (Å²) < 4.78 is 16.1. The molecule has 0 aromatic carbocycles. The molecule has 0 spiro atoms. The molecule has 0 aliphatic heterocycles. The average Bonchev–Trinajstić information content (AvgIpc) is 2.73. The second kappa shape index (κ2) is 6.17. The van der Waals surface area contributed by atoms with E-state index >= 15 is 0 Å². The Labute approximate surface area is 106 Å². The number of hydrogen-bond donors (Lipinski definition) is 0. The van der Waals surface area contributed by atoms with Gasteiger partial charge in [0.05, 0.1) is 13.2 Å². The quantitative estimate of drug-likeness (QED) is 0.671. The van der Waals surface area contributed by atoms with Crippen molar-refractivity contribution in [3.05, 3.63) is 0 Å².